The Morgan fingerprint density at radius 2 is 1.83 bits per heavy atom. The molecule has 1 aliphatic heterocycles. The van der Waals surface area contributed by atoms with Crippen molar-refractivity contribution in [1.29, 1.82) is 0 Å². The van der Waals surface area contributed by atoms with Crippen molar-refractivity contribution in [3.05, 3.63) is 75.6 Å². The van der Waals surface area contributed by atoms with Crippen LogP contribution in [-0.2, 0) is 0 Å². The summed E-state index contributed by atoms with van der Waals surface area (Å²) in [5.41, 5.74) is 2.71. The number of nitrogens with zero attached hydrogens (tertiary/aromatic N) is 3. The largest absolute Gasteiger partial charge is 0.388 e. The monoisotopic (exact) mass is 408 g/mol. The minimum Gasteiger partial charge on any atom is -0.388 e. The molecule has 0 bridgehead atoms. The van der Waals surface area contributed by atoms with Gasteiger partial charge < -0.3 is 15.0 Å². The maximum Gasteiger partial charge on any atom is 0.254 e. The van der Waals surface area contributed by atoms with E-state index in [2.05, 4.69) is 19.9 Å². The van der Waals surface area contributed by atoms with E-state index in [0.717, 1.165) is 42.9 Å². The van der Waals surface area contributed by atoms with Crippen molar-refractivity contribution < 1.29 is 9.50 Å². The third kappa shape index (κ3) is 4.11. The Labute approximate surface area is 174 Å². The first-order valence-corrected chi connectivity index (χ1v) is 10.1. The number of H-pyrrole nitrogens is 1. The van der Waals surface area contributed by atoms with Gasteiger partial charge in [-0.3, -0.25) is 4.79 Å². The van der Waals surface area contributed by atoms with Crippen LogP contribution in [0, 0.1) is 25.6 Å². The third-order valence-corrected chi connectivity index (χ3v) is 5.94. The number of pyridine rings is 1. The van der Waals surface area contributed by atoms with E-state index in [1.165, 1.54) is 12.1 Å². The average molecular weight is 408 g/mol. The lowest BCUT2D eigenvalue weighted by Crippen LogP contribution is -2.36. The summed E-state index contributed by atoms with van der Waals surface area (Å²) >= 11 is 0. The fraction of sp³-hybridized carbons (Fsp3) is 0.348. The molecule has 0 amide bonds. The number of piperidine rings is 1. The second-order valence-corrected chi connectivity index (χ2v) is 7.85. The topological polar surface area (TPSA) is 82.1 Å². The van der Waals surface area contributed by atoms with Crippen molar-refractivity contribution in [2.24, 2.45) is 5.92 Å². The summed E-state index contributed by atoms with van der Waals surface area (Å²) in [5.74, 6) is 1.22. The predicted molar refractivity (Wildman–Crippen MR) is 114 cm³/mol. The highest BCUT2D eigenvalue weighted by Crippen LogP contribution is 2.32. The van der Waals surface area contributed by atoms with Crippen molar-refractivity contribution in [3.8, 4) is 11.4 Å². The molecule has 0 aliphatic carbocycles. The smallest absolute Gasteiger partial charge is 0.254 e. The zero-order chi connectivity index (χ0) is 21.3. The van der Waals surface area contributed by atoms with Crippen LogP contribution < -0.4 is 10.5 Å². The van der Waals surface area contributed by atoms with E-state index in [1.54, 1.807) is 25.3 Å². The maximum atomic E-state index is 13.1. The van der Waals surface area contributed by atoms with Gasteiger partial charge in [0.1, 0.15) is 17.5 Å². The molecule has 0 spiro atoms. The first-order chi connectivity index (χ1) is 14.4. The molecule has 1 fully saturated rings. The lowest BCUT2D eigenvalue weighted by atomic mass is 9.87. The van der Waals surface area contributed by atoms with Crippen LogP contribution in [0.1, 0.15) is 35.8 Å². The highest BCUT2D eigenvalue weighted by Gasteiger charge is 2.27. The van der Waals surface area contributed by atoms with E-state index in [9.17, 15) is 14.3 Å². The lowest BCUT2D eigenvalue weighted by Gasteiger charge is -2.35. The van der Waals surface area contributed by atoms with Crippen LogP contribution in [0.4, 0.5) is 10.2 Å². The number of aliphatic hydroxyl groups excluding tert-OH is 1. The number of halogens is 1. The van der Waals surface area contributed by atoms with Gasteiger partial charge in [0.05, 0.1) is 6.10 Å². The van der Waals surface area contributed by atoms with Crippen LogP contribution in [0.15, 0.2) is 47.4 Å². The van der Waals surface area contributed by atoms with Gasteiger partial charge >= 0.3 is 0 Å². The van der Waals surface area contributed by atoms with Gasteiger partial charge in [0.2, 0.25) is 0 Å². The molecular formula is C23H25FN4O2. The van der Waals surface area contributed by atoms with Gasteiger partial charge in [-0.15, -0.1) is 0 Å². The fourth-order valence-corrected chi connectivity index (χ4v) is 3.87. The number of aryl methyl sites for hydroxylation is 1. The summed E-state index contributed by atoms with van der Waals surface area (Å²) in [6.07, 6.45) is 2.79. The molecule has 30 heavy (non-hydrogen) atoms. The normalized spacial score (nSPS) is 15.9. The Balaban J connectivity index is 1.41. The predicted octanol–water partition coefficient (Wildman–Crippen LogP) is 3.54. The summed E-state index contributed by atoms with van der Waals surface area (Å²) in [7, 11) is 0. The van der Waals surface area contributed by atoms with Crippen LogP contribution in [0.5, 0.6) is 0 Å². The Morgan fingerprint density at radius 3 is 2.43 bits per heavy atom. The number of benzene rings is 1. The first-order valence-electron chi connectivity index (χ1n) is 10.1. The van der Waals surface area contributed by atoms with E-state index >= 15 is 0 Å². The molecule has 1 aromatic carbocycles. The van der Waals surface area contributed by atoms with Crippen LogP contribution >= 0.6 is 0 Å². The van der Waals surface area contributed by atoms with Crippen molar-refractivity contribution in [2.75, 3.05) is 18.0 Å². The number of hydrogen-bond donors (Lipinski definition) is 2. The third-order valence-electron chi connectivity index (χ3n) is 5.94. The van der Waals surface area contributed by atoms with Crippen molar-refractivity contribution in [1.82, 2.24) is 15.0 Å². The van der Waals surface area contributed by atoms with Crippen molar-refractivity contribution in [2.45, 2.75) is 32.8 Å². The van der Waals surface area contributed by atoms with Crippen molar-refractivity contribution in [3.63, 3.8) is 0 Å². The second-order valence-electron chi connectivity index (χ2n) is 7.85. The van der Waals surface area contributed by atoms with Crippen LogP contribution in [0.2, 0.25) is 0 Å². The first kappa shape index (κ1) is 20.2. The van der Waals surface area contributed by atoms with E-state index in [0.29, 0.717) is 17.1 Å². The van der Waals surface area contributed by atoms with Gasteiger partial charge in [-0.05, 0) is 62.4 Å². The minimum absolute atomic E-state index is 0.135. The molecule has 6 nitrogen and oxygen atoms in total. The van der Waals surface area contributed by atoms with Gasteiger partial charge in [0, 0.05) is 36.1 Å². The molecule has 2 N–H and O–H groups in total. The Morgan fingerprint density at radius 1 is 1.13 bits per heavy atom. The van der Waals surface area contributed by atoms with E-state index in [1.807, 2.05) is 19.1 Å². The number of aliphatic hydroxyl groups is 1. The second kappa shape index (κ2) is 8.36. The summed E-state index contributed by atoms with van der Waals surface area (Å²) in [4.78, 5) is 26.0. The SMILES string of the molecule is Cc1nc(-c2ccc(N3CCC(C(O)c4ccc(F)cc4)CC3)nc2)[nH]c(=O)c1C. The van der Waals surface area contributed by atoms with E-state index in [-0.39, 0.29) is 17.3 Å². The summed E-state index contributed by atoms with van der Waals surface area (Å²) in [6, 6.07) is 9.92. The zero-order valence-electron chi connectivity index (χ0n) is 17.1. The average Bonchev–Trinajstić information content (AvgIpc) is 2.77. The molecule has 1 aliphatic rings. The standard InChI is InChI=1S/C23H25FN4O2/c1-14-15(2)26-22(27-23(14)30)18-5-8-20(25-13-18)28-11-9-17(10-12-28)21(29)16-3-6-19(24)7-4-16/h3-8,13,17,21,29H,9-12H2,1-2H3,(H,26,27,30). The molecule has 1 saturated heterocycles. The Bertz CT molecular complexity index is 1070. The van der Waals surface area contributed by atoms with E-state index < -0.39 is 6.10 Å². The molecule has 3 aromatic rings. The van der Waals surface area contributed by atoms with Crippen LogP contribution in [0.3, 0.4) is 0 Å². The van der Waals surface area contributed by atoms with Crippen LogP contribution in [-0.4, -0.2) is 33.1 Å². The summed E-state index contributed by atoms with van der Waals surface area (Å²) in [5, 5.41) is 10.6. The van der Waals surface area contributed by atoms with Gasteiger partial charge in [0.25, 0.3) is 5.56 Å². The fourth-order valence-electron chi connectivity index (χ4n) is 3.87. The lowest BCUT2D eigenvalue weighted by molar-refractivity contribution is 0.0928. The number of aromatic amines is 1. The minimum atomic E-state index is -0.587. The number of hydrogen-bond acceptors (Lipinski definition) is 5. The number of anilines is 1. The van der Waals surface area contributed by atoms with Crippen LogP contribution in [0.25, 0.3) is 11.4 Å². The molecule has 2 aromatic heterocycles. The Kier molecular flexibility index (Phi) is 5.63. The van der Waals surface area contributed by atoms with Crippen molar-refractivity contribution >= 4 is 5.82 Å². The highest BCUT2D eigenvalue weighted by atomic mass is 19.1. The Hall–Kier alpha value is -3.06. The molecule has 0 saturated carbocycles. The maximum absolute atomic E-state index is 13.1. The highest BCUT2D eigenvalue weighted by molar-refractivity contribution is 5.56. The molecule has 156 valence electrons. The quantitative estimate of drug-likeness (QED) is 0.690. The van der Waals surface area contributed by atoms with E-state index in [4.69, 9.17) is 0 Å². The number of rotatable bonds is 4. The summed E-state index contributed by atoms with van der Waals surface area (Å²) < 4.78 is 13.1. The number of aromatic nitrogens is 3. The molecular weight excluding hydrogens is 383 g/mol. The summed E-state index contributed by atoms with van der Waals surface area (Å²) in [6.45, 7) is 5.14. The molecule has 1 atom stereocenters. The van der Waals surface area contributed by atoms with Gasteiger partial charge in [-0.1, -0.05) is 12.1 Å². The van der Waals surface area contributed by atoms with Gasteiger partial charge in [-0.25, -0.2) is 14.4 Å². The zero-order valence-corrected chi connectivity index (χ0v) is 17.1. The molecule has 7 heteroatoms. The molecule has 1 unspecified atom stereocenters. The molecule has 3 heterocycles. The molecule has 4 rings (SSSR count). The number of nitrogens with one attached hydrogen (secondary N) is 1. The van der Waals surface area contributed by atoms with Gasteiger partial charge in [-0.2, -0.15) is 0 Å². The van der Waals surface area contributed by atoms with Gasteiger partial charge in [0.15, 0.2) is 0 Å². The molecule has 0 radical (unpaired) electrons.